The molecule has 0 atom stereocenters. The van der Waals surface area contributed by atoms with Gasteiger partial charge in [0.15, 0.2) is 0 Å². The first kappa shape index (κ1) is 23.8. The van der Waals surface area contributed by atoms with Gasteiger partial charge in [-0.15, -0.1) is 0 Å². The highest BCUT2D eigenvalue weighted by molar-refractivity contribution is 5.97. The lowest BCUT2D eigenvalue weighted by Crippen LogP contribution is -2.39. The number of nitrogens with zero attached hydrogens (tertiary/aromatic N) is 1. The largest absolute Gasteiger partial charge is 0.497 e. The van der Waals surface area contributed by atoms with Gasteiger partial charge in [-0.25, -0.2) is 0 Å². The van der Waals surface area contributed by atoms with E-state index < -0.39 is 0 Å². The van der Waals surface area contributed by atoms with Gasteiger partial charge in [-0.3, -0.25) is 19.8 Å². The summed E-state index contributed by atoms with van der Waals surface area (Å²) >= 11 is 0. The summed E-state index contributed by atoms with van der Waals surface area (Å²) in [5, 5.41) is 3.36. The number of anilines is 1. The van der Waals surface area contributed by atoms with E-state index in [1.165, 1.54) is 5.56 Å². The predicted molar refractivity (Wildman–Crippen MR) is 142 cm³/mol. The molecule has 1 aliphatic heterocycles. The molecule has 0 spiro atoms. The normalized spacial score (nSPS) is 14.6. The van der Waals surface area contributed by atoms with Crippen LogP contribution in [-0.4, -0.2) is 37.6 Å². The van der Waals surface area contributed by atoms with Gasteiger partial charge in [0.2, 0.25) is 17.2 Å². The number of fused-ring (bicyclic) bond motifs is 1. The van der Waals surface area contributed by atoms with Crippen molar-refractivity contribution in [3.8, 4) is 16.9 Å². The predicted octanol–water partition coefficient (Wildman–Crippen LogP) is 5.36. The quantitative estimate of drug-likeness (QED) is 0.384. The minimum Gasteiger partial charge on any atom is -0.497 e. The summed E-state index contributed by atoms with van der Waals surface area (Å²) in [6.07, 6.45) is 3.20. The summed E-state index contributed by atoms with van der Waals surface area (Å²) in [4.78, 5) is 28.6. The van der Waals surface area contributed by atoms with Crippen LogP contribution in [0.4, 0.5) is 5.88 Å². The smallest absolute Gasteiger partial charge is 0.240 e. The van der Waals surface area contributed by atoms with E-state index in [0.29, 0.717) is 33.8 Å². The molecule has 0 bridgehead atoms. The second kappa shape index (κ2) is 10.8. The zero-order valence-electron chi connectivity index (χ0n) is 20.4. The van der Waals surface area contributed by atoms with Crippen molar-refractivity contribution in [1.29, 1.82) is 0 Å². The molecule has 3 aromatic carbocycles. The molecule has 184 valence electrons. The van der Waals surface area contributed by atoms with Crippen LogP contribution in [0.5, 0.6) is 5.75 Å². The maximum absolute atomic E-state index is 13.4. The number of para-hydroxylation sites is 1. The Morgan fingerprint density at radius 2 is 1.67 bits per heavy atom. The van der Waals surface area contributed by atoms with E-state index in [-0.39, 0.29) is 23.8 Å². The van der Waals surface area contributed by atoms with E-state index in [1.807, 2.05) is 12.1 Å². The van der Waals surface area contributed by atoms with E-state index in [0.717, 1.165) is 32.4 Å². The standard InChI is InChI=1S/C30H30N2O4/c1-35-24-13-11-23(12-14-24)28-29(34)25-9-5-6-10-26(25)36-30(28)31-27(33)20-32-17-15-22(16-18-32)19-21-7-3-2-4-8-21/h2-14,22H,15-20H2,1H3,(H,31,33). The molecule has 0 radical (unpaired) electrons. The van der Waals surface area contributed by atoms with Gasteiger partial charge in [-0.2, -0.15) is 0 Å². The minimum absolute atomic E-state index is 0.174. The van der Waals surface area contributed by atoms with Crippen molar-refractivity contribution in [1.82, 2.24) is 4.90 Å². The van der Waals surface area contributed by atoms with E-state index in [2.05, 4.69) is 34.5 Å². The van der Waals surface area contributed by atoms with Crippen molar-refractivity contribution in [2.75, 3.05) is 32.1 Å². The number of ether oxygens (including phenoxy) is 1. The number of carbonyl (C=O) groups excluding carboxylic acids is 1. The molecule has 5 rings (SSSR count). The lowest BCUT2D eigenvalue weighted by molar-refractivity contribution is -0.117. The molecule has 0 aliphatic carbocycles. The summed E-state index contributed by atoms with van der Waals surface area (Å²) in [7, 11) is 1.59. The molecule has 2 heterocycles. The van der Waals surface area contributed by atoms with Crippen LogP contribution in [0, 0.1) is 5.92 Å². The number of methoxy groups -OCH3 is 1. The summed E-state index contributed by atoms with van der Waals surface area (Å²) < 4.78 is 11.3. The highest BCUT2D eigenvalue weighted by Crippen LogP contribution is 2.30. The maximum Gasteiger partial charge on any atom is 0.240 e. The number of likely N-dealkylation sites (tertiary alicyclic amines) is 1. The van der Waals surface area contributed by atoms with Crippen molar-refractivity contribution in [3.05, 3.63) is 94.6 Å². The molecule has 1 saturated heterocycles. The van der Waals surface area contributed by atoms with Crippen molar-refractivity contribution in [2.24, 2.45) is 5.92 Å². The Morgan fingerprint density at radius 3 is 2.39 bits per heavy atom. The number of rotatable bonds is 7. The molecule has 1 amide bonds. The Balaban J connectivity index is 1.31. The number of carbonyl (C=O) groups is 1. The fourth-order valence-electron chi connectivity index (χ4n) is 4.92. The molecule has 6 nitrogen and oxygen atoms in total. The van der Waals surface area contributed by atoms with Gasteiger partial charge in [-0.1, -0.05) is 54.6 Å². The first-order valence-electron chi connectivity index (χ1n) is 12.4. The summed E-state index contributed by atoms with van der Waals surface area (Å²) in [6, 6.07) is 24.8. The van der Waals surface area contributed by atoms with Gasteiger partial charge in [0.05, 0.1) is 24.6 Å². The number of piperidine rings is 1. The van der Waals surface area contributed by atoms with E-state index >= 15 is 0 Å². The maximum atomic E-state index is 13.4. The molecule has 6 heteroatoms. The first-order chi connectivity index (χ1) is 17.6. The second-order valence-corrected chi connectivity index (χ2v) is 9.32. The van der Waals surface area contributed by atoms with Crippen LogP contribution in [0.15, 0.2) is 88.1 Å². The molecule has 1 aliphatic rings. The average molecular weight is 483 g/mol. The Morgan fingerprint density at radius 1 is 0.972 bits per heavy atom. The minimum atomic E-state index is -0.190. The van der Waals surface area contributed by atoms with E-state index in [9.17, 15) is 9.59 Å². The monoisotopic (exact) mass is 482 g/mol. The highest BCUT2D eigenvalue weighted by atomic mass is 16.5. The Kier molecular flexibility index (Phi) is 7.14. The molecule has 1 N–H and O–H groups in total. The first-order valence-corrected chi connectivity index (χ1v) is 12.4. The zero-order valence-corrected chi connectivity index (χ0v) is 20.4. The van der Waals surface area contributed by atoms with Crippen LogP contribution in [-0.2, 0) is 11.2 Å². The van der Waals surface area contributed by atoms with Crippen LogP contribution in [0.25, 0.3) is 22.1 Å². The van der Waals surface area contributed by atoms with Gasteiger partial charge in [0.25, 0.3) is 0 Å². The SMILES string of the molecule is COc1ccc(-c2c(NC(=O)CN3CCC(Cc4ccccc4)CC3)oc3ccccc3c2=O)cc1. The molecule has 0 unspecified atom stereocenters. The van der Waals surface area contributed by atoms with Crippen molar-refractivity contribution >= 4 is 22.8 Å². The number of hydrogen-bond donors (Lipinski definition) is 1. The zero-order chi connectivity index (χ0) is 24.9. The van der Waals surface area contributed by atoms with Crippen molar-refractivity contribution in [3.63, 3.8) is 0 Å². The molecule has 0 saturated carbocycles. The molecule has 1 fully saturated rings. The van der Waals surface area contributed by atoms with Gasteiger partial charge in [0.1, 0.15) is 11.3 Å². The number of benzene rings is 3. The third-order valence-corrected chi connectivity index (χ3v) is 6.87. The van der Waals surface area contributed by atoms with E-state index in [1.54, 1.807) is 49.6 Å². The second-order valence-electron chi connectivity index (χ2n) is 9.32. The van der Waals surface area contributed by atoms with Crippen LogP contribution in [0.2, 0.25) is 0 Å². The van der Waals surface area contributed by atoms with Gasteiger partial charge in [-0.05, 0) is 73.7 Å². The van der Waals surface area contributed by atoms with Crippen LogP contribution >= 0.6 is 0 Å². The van der Waals surface area contributed by atoms with Crippen molar-refractivity contribution < 1.29 is 13.9 Å². The summed E-state index contributed by atoms with van der Waals surface area (Å²) in [5.74, 6) is 1.30. The summed E-state index contributed by atoms with van der Waals surface area (Å²) in [5.41, 5.74) is 2.63. The fourth-order valence-corrected chi connectivity index (χ4v) is 4.92. The van der Waals surface area contributed by atoms with Gasteiger partial charge < -0.3 is 9.15 Å². The Labute approximate surface area is 210 Å². The highest BCUT2D eigenvalue weighted by Gasteiger charge is 2.23. The topological polar surface area (TPSA) is 71.8 Å². The average Bonchev–Trinajstić information content (AvgIpc) is 2.91. The Hall–Kier alpha value is -3.90. The number of amides is 1. The van der Waals surface area contributed by atoms with Crippen molar-refractivity contribution in [2.45, 2.75) is 19.3 Å². The number of nitrogens with one attached hydrogen (secondary N) is 1. The van der Waals surface area contributed by atoms with Crippen LogP contribution in [0.3, 0.4) is 0 Å². The number of hydrogen-bond acceptors (Lipinski definition) is 5. The third kappa shape index (κ3) is 5.34. The third-order valence-electron chi connectivity index (χ3n) is 6.87. The lowest BCUT2D eigenvalue weighted by atomic mass is 9.90. The van der Waals surface area contributed by atoms with E-state index in [4.69, 9.17) is 9.15 Å². The van der Waals surface area contributed by atoms with Gasteiger partial charge in [0, 0.05) is 0 Å². The molecule has 1 aromatic heterocycles. The molecular weight excluding hydrogens is 452 g/mol. The van der Waals surface area contributed by atoms with Gasteiger partial charge >= 0.3 is 0 Å². The lowest BCUT2D eigenvalue weighted by Gasteiger charge is -2.31. The molecule has 4 aromatic rings. The molecular formula is C30H30N2O4. The summed E-state index contributed by atoms with van der Waals surface area (Å²) in [6.45, 7) is 2.01. The fraction of sp³-hybridized carbons (Fsp3) is 0.267. The molecule has 36 heavy (non-hydrogen) atoms. The Bertz CT molecular complexity index is 1390. The van der Waals surface area contributed by atoms with Crippen LogP contribution in [0.1, 0.15) is 18.4 Å². The van der Waals surface area contributed by atoms with Crippen LogP contribution < -0.4 is 15.5 Å².